The Morgan fingerprint density at radius 2 is 2.11 bits per heavy atom. The van der Waals surface area contributed by atoms with E-state index in [4.69, 9.17) is 11.6 Å². The molecule has 0 radical (unpaired) electrons. The molecular weight excluding hydrogens is 374 g/mol. The van der Waals surface area contributed by atoms with E-state index < -0.39 is 23.3 Å². The van der Waals surface area contributed by atoms with Crippen LogP contribution in [0, 0.1) is 16.7 Å². The van der Waals surface area contributed by atoms with Crippen molar-refractivity contribution in [3.05, 3.63) is 64.9 Å². The highest BCUT2D eigenvalue weighted by molar-refractivity contribution is 6.30. The number of carbonyl (C=O) groups is 1. The monoisotopic (exact) mass is 397 g/mol. The largest absolute Gasteiger partial charge is 0.480 e. The van der Waals surface area contributed by atoms with Gasteiger partial charge in [0, 0.05) is 29.4 Å². The minimum Gasteiger partial charge on any atom is -0.480 e. The van der Waals surface area contributed by atoms with Gasteiger partial charge in [-0.1, -0.05) is 50.6 Å². The van der Waals surface area contributed by atoms with Crippen LogP contribution in [0.2, 0.25) is 5.02 Å². The van der Waals surface area contributed by atoms with Gasteiger partial charge < -0.3 is 5.11 Å². The Bertz CT molecular complexity index is 904. The lowest BCUT2D eigenvalue weighted by Crippen LogP contribution is -2.44. The quantitative estimate of drug-likeness (QED) is 0.809. The number of pyridine rings is 1. The first-order valence-corrected chi connectivity index (χ1v) is 9.63. The fourth-order valence-electron chi connectivity index (χ4n) is 4.33. The number of hydrogen-bond acceptors (Lipinski definition) is 4. The zero-order valence-corrected chi connectivity index (χ0v) is 16.9. The predicted molar refractivity (Wildman–Crippen MR) is 108 cm³/mol. The first-order chi connectivity index (χ1) is 13.2. The number of nitrogens with zero attached hydrogens (tertiary/aromatic N) is 2. The van der Waals surface area contributed by atoms with E-state index in [0.717, 1.165) is 5.56 Å². The highest BCUT2D eigenvalue weighted by Crippen LogP contribution is 2.51. The summed E-state index contributed by atoms with van der Waals surface area (Å²) in [4.78, 5) is 16.4. The first-order valence-electron chi connectivity index (χ1n) is 9.25. The summed E-state index contributed by atoms with van der Waals surface area (Å²) in [6.45, 7) is 6.26. The molecule has 0 spiro atoms. The molecule has 0 bridgehead atoms. The zero-order valence-electron chi connectivity index (χ0n) is 16.2. The molecule has 0 amide bonds. The maximum Gasteiger partial charge on any atom is 0.321 e. The molecule has 28 heavy (non-hydrogen) atoms. The van der Waals surface area contributed by atoms with Crippen molar-refractivity contribution in [2.75, 3.05) is 0 Å². The van der Waals surface area contributed by atoms with Gasteiger partial charge in [-0.3, -0.25) is 15.1 Å². The Morgan fingerprint density at radius 3 is 2.64 bits per heavy atom. The van der Waals surface area contributed by atoms with Crippen LogP contribution in [0.1, 0.15) is 44.2 Å². The van der Waals surface area contributed by atoms with Crippen molar-refractivity contribution >= 4 is 17.6 Å². The van der Waals surface area contributed by atoms with Crippen molar-refractivity contribution in [2.24, 2.45) is 5.41 Å². The van der Waals surface area contributed by atoms with Gasteiger partial charge in [0.25, 0.3) is 0 Å². The molecule has 2 aromatic rings. The molecule has 1 fully saturated rings. The van der Waals surface area contributed by atoms with E-state index in [2.05, 4.69) is 37.1 Å². The Kier molecular flexibility index (Phi) is 5.47. The van der Waals surface area contributed by atoms with Crippen LogP contribution in [0.4, 0.5) is 0 Å². The van der Waals surface area contributed by atoms with Gasteiger partial charge in [0.05, 0.1) is 6.07 Å². The number of carboxylic acids is 1. The van der Waals surface area contributed by atoms with Gasteiger partial charge in [0.15, 0.2) is 0 Å². The summed E-state index contributed by atoms with van der Waals surface area (Å²) in [7, 11) is 0. The number of aromatic nitrogens is 1. The van der Waals surface area contributed by atoms with Gasteiger partial charge in [-0.25, -0.2) is 0 Å². The van der Waals surface area contributed by atoms with Crippen LogP contribution in [0.15, 0.2) is 48.8 Å². The summed E-state index contributed by atoms with van der Waals surface area (Å²) in [5.41, 5.74) is 0.256. The summed E-state index contributed by atoms with van der Waals surface area (Å²) < 4.78 is 0. The number of nitrogens with one attached hydrogen (secondary N) is 1. The highest BCUT2D eigenvalue weighted by atomic mass is 35.5. The molecule has 1 aliphatic heterocycles. The molecule has 0 aliphatic carbocycles. The second-order valence-electron chi connectivity index (χ2n) is 8.56. The summed E-state index contributed by atoms with van der Waals surface area (Å²) >= 11 is 6.21. The van der Waals surface area contributed by atoms with Gasteiger partial charge in [-0.2, -0.15) is 5.26 Å². The van der Waals surface area contributed by atoms with E-state index in [1.54, 1.807) is 36.7 Å². The third-order valence-corrected chi connectivity index (χ3v) is 5.60. The van der Waals surface area contributed by atoms with Crippen LogP contribution in [0.3, 0.4) is 0 Å². The molecule has 1 aliphatic rings. The topological polar surface area (TPSA) is 86.0 Å². The number of hydrogen-bond donors (Lipinski definition) is 2. The Balaban J connectivity index is 2.27. The number of benzene rings is 1. The van der Waals surface area contributed by atoms with Gasteiger partial charge in [0.2, 0.25) is 0 Å². The van der Waals surface area contributed by atoms with Crippen LogP contribution in [-0.2, 0) is 10.2 Å². The number of nitriles is 1. The lowest BCUT2D eigenvalue weighted by molar-refractivity contribution is -0.139. The molecule has 1 aromatic heterocycles. The van der Waals surface area contributed by atoms with Crippen LogP contribution in [0.5, 0.6) is 0 Å². The van der Waals surface area contributed by atoms with Crippen molar-refractivity contribution in [3.8, 4) is 6.07 Å². The number of carboxylic acid groups (broad SMARTS) is 1. The average Bonchev–Trinajstić information content (AvgIpc) is 2.96. The van der Waals surface area contributed by atoms with Crippen molar-refractivity contribution in [3.63, 3.8) is 0 Å². The van der Waals surface area contributed by atoms with Crippen LogP contribution >= 0.6 is 11.6 Å². The average molecular weight is 398 g/mol. The Hall–Kier alpha value is -2.42. The highest BCUT2D eigenvalue weighted by Gasteiger charge is 2.59. The van der Waals surface area contributed by atoms with Crippen LogP contribution in [0.25, 0.3) is 0 Å². The fraction of sp³-hybridized carbons (Fsp3) is 0.409. The molecule has 146 valence electrons. The van der Waals surface area contributed by atoms with Crippen molar-refractivity contribution in [1.29, 1.82) is 5.26 Å². The van der Waals surface area contributed by atoms with Crippen LogP contribution in [-0.4, -0.2) is 28.1 Å². The number of halogens is 1. The number of aliphatic carboxylic acids is 1. The van der Waals surface area contributed by atoms with Crippen molar-refractivity contribution < 1.29 is 9.90 Å². The minimum absolute atomic E-state index is 0.103. The molecule has 6 heteroatoms. The third-order valence-electron chi connectivity index (χ3n) is 5.37. The van der Waals surface area contributed by atoms with E-state index in [1.165, 1.54) is 0 Å². The lowest BCUT2D eigenvalue weighted by Gasteiger charge is -2.36. The second kappa shape index (κ2) is 7.54. The van der Waals surface area contributed by atoms with E-state index >= 15 is 0 Å². The van der Waals surface area contributed by atoms with Gasteiger partial charge in [-0.15, -0.1) is 0 Å². The molecular formula is C22H24ClN3O2. The van der Waals surface area contributed by atoms with E-state index in [9.17, 15) is 15.2 Å². The second-order valence-corrected chi connectivity index (χ2v) is 8.99. The fourth-order valence-corrected chi connectivity index (χ4v) is 4.52. The summed E-state index contributed by atoms with van der Waals surface area (Å²) in [6.07, 6.45) is 3.96. The molecule has 0 unspecified atom stereocenters. The molecule has 3 rings (SSSR count). The first kappa shape index (κ1) is 20.3. The standard InChI is InChI=1S/C22H24ClN3O2/c1-21(2,3)11-17-22(13-24,15-7-5-9-25-12-15)18(19(26-17)20(27)28)14-6-4-8-16(23)10-14/h4-10,12,17-19,26H,11H2,1-3H3,(H,27,28)/t17-,18-,19+,22-/m0/s1. The number of rotatable bonds is 4. The lowest BCUT2D eigenvalue weighted by atomic mass is 9.63. The smallest absolute Gasteiger partial charge is 0.321 e. The molecule has 0 saturated carbocycles. The Morgan fingerprint density at radius 1 is 1.36 bits per heavy atom. The SMILES string of the molecule is CC(C)(C)C[C@@H]1N[C@@H](C(=O)O)[C@H](c2cccc(Cl)c2)[C@@]1(C#N)c1cccnc1. The molecule has 1 aromatic carbocycles. The molecule has 5 nitrogen and oxygen atoms in total. The third kappa shape index (κ3) is 3.63. The molecule has 1 saturated heterocycles. The predicted octanol–water partition coefficient (Wildman–Crippen LogP) is 4.14. The maximum absolute atomic E-state index is 12.2. The zero-order chi connectivity index (χ0) is 20.5. The van der Waals surface area contributed by atoms with Crippen molar-refractivity contribution in [2.45, 2.75) is 50.6 Å². The normalized spacial score (nSPS) is 27.3. The molecule has 2 heterocycles. The minimum atomic E-state index is -1.09. The summed E-state index contributed by atoms with van der Waals surface area (Å²) in [5.74, 6) is -1.59. The van der Waals surface area contributed by atoms with Gasteiger partial charge in [-0.05, 0) is 41.2 Å². The van der Waals surface area contributed by atoms with E-state index in [0.29, 0.717) is 17.0 Å². The summed E-state index contributed by atoms with van der Waals surface area (Å²) in [6, 6.07) is 12.0. The van der Waals surface area contributed by atoms with E-state index in [-0.39, 0.29) is 11.5 Å². The van der Waals surface area contributed by atoms with Crippen molar-refractivity contribution in [1.82, 2.24) is 10.3 Å². The molecule has 2 N–H and O–H groups in total. The summed E-state index contributed by atoms with van der Waals surface area (Å²) in [5, 5.41) is 24.3. The van der Waals surface area contributed by atoms with Gasteiger partial charge >= 0.3 is 5.97 Å². The Labute approximate surface area is 170 Å². The van der Waals surface area contributed by atoms with Crippen LogP contribution < -0.4 is 5.32 Å². The maximum atomic E-state index is 12.2. The molecule has 4 atom stereocenters. The van der Waals surface area contributed by atoms with Gasteiger partial charge in [0.1, 0.15) is 11.5 Å². The van der Waals surface area contributed by atoms with E-state index in [1.807, 2.05) is 12.1 Å².